The fourth-order valence-electron chi connectivity index (χ4n) is 5.28. The molecule has 0 amide bonds. The number of esters is 1. The zero-order chi connectivity index (χ0) is 24.6. The van der Waals surface area contributed by atoms with Gasteiger partial charge in [-0.3, -0.25) is 9.59 Å². The number of thioether (sulfide) groups is 1. The largest absolute Gasteiger partial charge is 0.494 e. The molecule has 1 fully saturated rings. The van der Waals surface area contributed by atoms with E-state index in [-0.39, 0.29) is 23.6 Å². The van der Waals surface area contributed by atoms with Crippen molar-refractivity contribution in [2.75, 3.05) is 20.0 Å². The van der Waals surface area contributed by atoms with Crippen molar-refractivity contribution >= 4 is 23.5 Å². The van der Waals surface area contributed by atoms with Gasteiger partial charge in [0.25, 0.3) is 0 Å². The van der Waals surface area contributed by atoms with Crippen LogP contribution in [0.3, 0.4) is 0 Å². The first-order valence-corrected chi connectivity index (χ1v) is 13.6. The number of carbonyl (C=O) groups excluding carboxylic acids is 2. The van der Waals surface area contributed by atoms with Crippen LogP contribution in [0.25, 0.3) is 0 Å². The molecule has 3 atom stereocenters. The lowest BCUT2D eigenvalue weighted by atomic mass is 9.76. The van der Waals surface area contributed by atoms with Gasteiger partial charge in [-0.15, -0.1) is 11.8 Å². The molecule has 6 nitrogen and oxygen atoms in total. The molecular weight excluding hydrogens is 452 g/mol. The zero-order valence-electron chi connectivity index (χ0n) is 20.3. The van der Waals surface area contributed by atoms with Crippen LogP contribution in [0.5, 0.6) is 5.75 Å². The average Bonchev–Trinajstić information content (AvgIpc) is 3.11. The topological polar surface area (TPSA) is 93.1 Å². The second-order valence-electron chi connectivity index (χ2n) is 9.52. The zero-order valence-corrected chi connectivity index (χ0v) is 21.1. The van der Waals surface area contributed by atoms with Crippen molar-refractivity contribution in [1.29, 1.82) is 0 Å². The molecule has 3 rings (SSSR count). The van der Waals surface area contributed by atoms with Crippen LogP contribution in [-0.4, -0.2) is 53.6 Å². The number of methoxy groups -OCH3 is 1. The Morgan fingerprint density at radius 3 is 2.53 bits per heavy atom. The Morgan fingerprint density at radius 2 is 1.88 bits per heavy atom. The molecule has 1 saturated carbocycles. The van der Waals surface area contributed by atoms with Gasteiger partial charge in [0.2, 0.25) is 0 Å². The van der Waals surface area contributed by atoms with Crippen molar-refractivity contribution in [3.8, 4) is 5.75 Å². The minimum Gasteiger partial charge on any atom is -0.494 e. The van der Waals surface area contributed by atoms with Gasteiger partial charge in [-0.25, -0.2) is 0 Å². The number of hydrogen-bond acceptors (Lipinski definition) is 7. The lowest BCUT2D eigenvalue weighted by Gasteiger charge is -2.32. The Labute approximate surface area is 207 Å². The third kappa shape index (κ3) is 6.86. The lowest BCUT2D eigenvalue weighted by Crippen LogP contribution is -2.37. The first-order chi connectivity index (χ1) is 16.4. The summed E-state index contributed by atoms with van der Waals surface area (Å²) in [7, 11) is 1.41. The normalized spacial score (nSPS) is 27.8. The first kappa shape index (κ1) is 26.8. The summed E-state index contributed by atoms with van der Waals surface area (Å²) in [6, 6.07) is 9.64. The van der Waals surface area contributed by atoms with Gasteiger partial charge in [-0.1, -0.05) is 18.2 Å². The molecule has 0 aliphatic heterocycles. The fraction of sp³-hybridized carbons (Fsp3) is 0.630. The number of hydrogen-bond donors (Lipinski definition) is 2. The smallest absolute Gasteiger partial charge is 0.308 e. The maximum absolute atomic E-state index is 13.0. The summed E-state index contributed by atoms with van der Waals surface area (Å²) in [5, 5.41) is 22.2. The summed E-state index contributed by atoms with van der Waals surface area (Å²) in [5.41, 5.74) is -1.18. The predicted octanol–water partition coefficient (Wildman–Crippen LogP) is 4.53. The number of ether oxygens (including phenoxy) is 2. The van der Waals surface area contributed by atoms with Gasteiger partial charge in [-0.2, -0.15) is 0 Å². The summed E-state index contributed by atoms with van der Waals surface area (Å²) in [5.74, 6) is 0.166. The highest BCUT2D eigenvalue weighted by molar-refractivity contribution is 8.03. The summed E-state index contributed by atoms with van der Waals surface area (Å²) >= 11 is 1.38. The van der Waals surface area contributed by atoms with Crippen LogP contribution >= 0.6 is 11.8 Å². The number of ketones is 1. The van der Waals surface area contributed by atoms with Gasteiger partial charge in [0, 0.05) is 4.91 Å². The molecule has 0 bridgehead atoms. The molecule has 0 heterocycles. The third-order valence-corrected chi connectivity index (χ3v) is 8.11. The van der Waals surface area contributed by atoms with E-state index in [1.54, 1.807) is 6.08 Å². The Balaban J connectivity index is 1.48. The number of rotatable bonds is 12. The van der Waals surface area contributed by atoms with Gasteiger partial charge in [0.05, 0.1) is 37.3 Å². The van der Waals surface area contributed by atoms with Crippen LogP contribution in [0, 0.1) is 17.8 Å². The second-order valence-corrected chi connectivity index (χ2v) is 10.4. The second kappa shape index (κ2) is 12.8. The molecule has 34 heavy (non-hydrogen) atoms. The highest BCUT2D eigenvalue weighted by atomic mass is 32.2. The molecule has 2 N–H and O–H groups in total. The Kier molecular flexibility index (Phi) is 10.0. The van der Waals surface area contributed by atoms with Crippen LogP contribution in [-0.2, 0) is 14.3 Å². The quantitative estimate of drug-likeness (QED) is 0.328. The van der Waals surface area contributed by atoms with Crippen molar-refractivity contribution in [3.05, 3.63) is 41.3 Å². The number of aliphatic hydroxyl groups is 2. The van der Waals surface area contributed by atoms with Crippen molar-refractivity contribution in [1.82, 2.24) is 0 Å². The number of benzene rings is 1. The van der Waals surface area contributed by atoms with Gasteiger partial charge in [0.1, 0.15) is 5.75 Å². The number of carbonyl (C=O) groups is 2. The Morgan fingerprint density at radius 1 is 1.18 bits per heavy atom. The van der Waals surface area contributed by atoms with Gasteiger partial charge in [0.15, 0.2) is 5.78 Å². The van der Waals surface area contributed by atoms with Gasteiger partial charge in [-0.05, 0) is 88.2 Å². The van der Waals surface area contributed by atoms with E-state index in [4.69, 9.17) is 9.47 Å². The summed E-state index contributed by atoms with van der Waals surface area (Å²) in [6.07, 6.45) is 9.00. The minimum absolute atomic E-state index is 0.0165. The molecule has 0 aromatic heterocycles. The highest BCUT2D eigenvalue weighted by Gasteiger charge is 2.46. The van der Waals surface area contributed by atoms with Gasteiger partial charge < -0.3 is 19.7 Å². The molecule has 188 valence electrons. The molecular formula is C27H38O6S. The SMILES string of the molecule is COC(=O)C1CCC(C(O)CCC2C(=O)C(SC)=CC2(O)CCCCOc2ccccc2)CC1. The number of unbranched alkanes of at least 4 members (excludes halogenated alkanes) is 1. The van der Waals surface area contributed by atoms with E-state index in [2.05, 4.69) is 0 Å². The summed E-state index contributed by atoms with van der Waals surface area (Å²) in [4.78, 5) is 25.3. The maximum atomic E-state index is 13.0. The Bertz CT molecular complexity index is 833. The molecule has 0 saturated heterocycles. The van der Waals surface area contributed by atoms with E-state index in [0.717, 1.165) is 44.3 Å². The van der Waals surface area contributed by atoms with E-state index < -0.39 is 17.6 Å². The van der Waals surface area contributed by atoms with Crippen molar-refractivity contribution in [2.24, 2.45) is 17.8 Å². The maximum Gasteiger partial charge on any atom is 0.308 e. The first-order valence-electron chi connectivity index (χ1n) is 12.3. The van der Waals surface area contributed by atoms with E-state index >= 15 is 0 Å². The number of Topliss-reactive ketones (excluding diaryl/α,β-unsaturated/α-hetero) is 1. The molecule has 7 heteroatoms. The predicted molar refractivity (Wildman–Crippen MR) is 134 cm³/mol. The van der Waals surface area contributed by atoms with Crippen LogP contribution < -0.4 is 4.74 Å². The highest BCUT2D eigenvalue weighted by Crippen LogP contribution is 2.42. The van der Waals surface area contributed by atoms with E-state index in [1.165, 1.54) is 18.9 Å². The van der Waals surface area contributed by atoms with Crippen LogP contribution in [0.2, 0.25) is 0 Å². The molecule has 2 aliphatic rings. The summed E-state index contributed by atoms with van der Waals surface area (Å²) in [6.45, 7) is 0.560. The van der Waals surface area contributed by atoms with Crippen molar-refractivity contribution < 1.29 is 29.3 Å². The van der Waals surface area contributed by atoms with Crippen LogP contribution in [0.4, 0.5) is 0 Å². The number of aliphatic hydroxyl groups excluding tert-OH is 1. The van der Waals surface area contributed by atoms with Crippen LogP contribution in [0.1, 0.15) is 57.8 Å². The minimum atomic E-state index is -1.18. The van der Waals surface area contributed by atoms with E-state index in [0.29, 0.717) is 30.8 Å². The lowest BCUT2D eigenvalue weighted by molar-refractivity contribution is -0.147. The van der Waals surface area contributed by atoms with E-state index in [1.807, 2.05) is 36.6 Å². The van der Waals surface area contributed by atoms with E-state index in [9.17, 15) is 19.8 Å². The molecule has 1 aromatic rings. The number of para-hydroxylation sites is 1. The molecule has 0 radical (unpaired) electrons. The average molecular weight is 491 g/mol. The third-order valence-electron chi connectivity index (χ3n) is 7.35. The fourth-order valence-corrected chi connectivity index (χ4v) is 5.95. The van der Waals surface area contributed by atoms with Crippen molar-refractivity contribution in [2.45, 2.75) is 69.5 Å². The standard InChI is InChI=1S/C27H38O6S/c1-32-26(30)20-12-10-19(11-13-20)23(28)15-14-22-25(29)24(34-2)18-27(22,31)16-6-7-17-33-21-8-4-3-5-9-21/h3-5,8-9,18-20,22-23,28,31H,6-7,10-17H2,1-2H3. The monoisotopic (exact) mass is 490 g/mol. The molecule has 0 spiro atoms. The molecule has 1 aromatic carbocycles. The Hall–Kier alpha value is -1.83. The number of allylic oxidation sites excluding steroid dienone is 1. The molecule has 3 unspecified atom stereocenters. The molecule has 2 aliphatic carbocycles. The van der Waals surface area contributed by atoms with Crippen LogP contribution in [0.15, 0.2) is 41.3 Å². The van der Waals surface area contributed by atoms with Gasteiger partial charge >= 0.3 is 5.97 Å². The van der Waals surface area contributed by atoms with Crippen molar-refractivity contribution in [3.63, 3.8) is 0 Å². The summed E-state index contributed by atoms with van der Waals surface area (Å²) < 4.78 is 10.6.